The van der Waals surface area contributed by atoms with E-state index in [0.717, 1.165) is 11.3 Å². The molecule has 0 saturated heterocycles. The minimum Gasteiger partial charge on any atom is -0.397 e. The number of fused-ring (bicyclic) bond motifs is 1. The average Bonchev–Trinajstić information content (AvgIpc) is 2.74. The number of hydrogen-bond donors (Lipinski definition) is 3. The third-order valence-electron chi connectivity index (χ3n) is 3.44. The summed E-state index contributed by atoms with van der Waals surface area (Å²) in [5, 5.41) is 5.88. The molecule has 0 radical (unpaired) electrons. The van der Waals surface area contributed by atoms with Crippen LogP contribution in [-0.2, 0) is 11.2 Å². The normalized spacial score (nSPS) is 13.0. The van der Waals surface area contributed by atoms with Gasteiger partial charge in [-0.2, -0.15) is 0 Å². The van der Waals surface area contributed by atoms with Gasteiger partial charge in [0.15, 0.2) is 0 Å². The zero-order valence-electron chi connectivity index (χ0n) is 11.0. The summed E-state index contributed by atoms with van der Waals surface area (Å²) in [6, 6.07) is 8.37. The SMILES string of the molecule is Cc1c(F)cccc1Nc1cc2c(cc1N)CC(=O)N2. The molecule has 5 heteroatoms. The fourth-order valence-corrected chi connectivity index (χ4v) is 2.29. The molecule has 2 aromatic rings. The Morgan fingerprint density at radius 2 is 2.10 bits per heavy atom. The predicted octanol–water partition coefficient (Wildman–Crippen LogP) is 2.95. The van der Waals surface area contributed by atoms with Gasteiger partial charge < -0.3 is 16.4 Å². The van der Waals surface area contributed by atoms with E-state index in [9.17, 15) is 9.18 Å². The second-order valence-electron chi connectivity index (χ2n) is 4.86. The van der Waals surface area contributed by atoms with Crippen LogP contribution in [0.3, 0.4) is 0 Å². The monoisotopic (exact) mass is 271 g/mol. The second kappa shape index (κ2) is 4.52. The lowest BCUT2D eigenvalue weighted by Gasteiger charge is -2.13. The summed E-state index contributed by atoms with van der Waals surface area (Å²) >= 11 is 0. The van der Waals surface area contributed by atoms with E-state index in [2.05, 4.69) is 10.6 Å². The molecule has 20 heavy (non-hydrogen) atoms. The van der Waals surface area contributed by atoms with Crippen molar-refractivity contribution in [2.45, 2.75) is 13.3 Å². The summed E-state index contributed by atoms with van der Waals surface area (Å²) in [6.07, 6.45) is 0.346. The van der Waals surface area contributed by atoms with E-state index in [4.69, 9.17) is 5.73 Å². The third-order valence-corrected chi connectivity index (χ3v) is 3.44. The van der Waals surface area contributed by atoms with Crippen molar-refractivity contribution in [2.75, 3.05) is 16.4 Å². The number of nitrogens with two attached hydrogens (primary N) is 1. The largest absolute Gasteiger partial charge is 0.397 e. The van der Waals surface area contributed by atoms with Gasteiger partial charge in [0.05, 0.1) is 17.8 Å². The first-order chi connectivity index (χ1) is 9.54. The van der Waals surface area contributed by atoms with Crippen LogP contribution in [0.2, 0.25) is 0 Å². The molecule has 1 aliphatic heterocycles. The topological polar surface area (TPSA) is 67.1 Å². The molecule has 102 valence electrons. The Morgan fingerprint density at radius 1 is 1.30 bits per heavy atom. The molecule has 0 spiro atoms. The number of halogens is 1. The van der Waals surface area contributed by atoms with Gasteiger partial charge in [-0.3, -0.25) is 4.79 Å². The molecular formula is C15H14FN3O. The maximum Gasteiger partial charge on any atom is 0.228 e. The molecule has 3 rings (SSSR count). The minimum atomic E-state index is -0.275. The first-order valence-electron chi connectivity index (χ1n) is 6.29. The van der Waals surface area contributed by atoms with Crippen LogP contribution >= 0.6 is 0 Å². The third kappa shape index (κ3) is 2.07. The van der Waals surface area contributed by atoms with Crippen molar-refractivity contribution in [3.05, 3.63) is 47.3 Å². The fourth-order valence-electron chi connectivity index (χ4n) is 2.29. The maximum atomic E-state index is 13.5. The van der Waals surface area contributed by atoms with Gasteiger partial charge in [-0.25, -0.2) is 4.39 Å². The average molecular weight is 271 g/mol. The fraction of sp³-hybridized carbons (Fsp3) is 0.133. The Bertz CT molecular complexity index is 713. The van der Waals surface area contributed by atoms with Crippen LogP contribution in [-0.4, -0.2) is 5.91 Å². The van der Waals surface area contributed by atoms with Gasteiger partial charge in [0, 0.05) is 16.9 Å². The van der Waals surface area contributed by atoms with Crippen LogP contribution in [0.4, 0.5) is 27.1 Å². The second-order valence-corrected chi connectivity index (χ2v) is 4.86. The van der Waals surface area contributed by atoms with E-state index in [1.165, 1.54) is 6.07 Å². The van der Waals surface area contributed by atoms with Crippen LogP contribution in [0, 0.1) is 12.7 Å². The van der Waals surface area contributed by atoms with Gasteiger partial charge in [-0.05, 0) is 36.8 Å². The molecule has 0 aromatic heterocycles. The van der Waals surface area contributed by atoms with Crippen molar-refractivity contribution in [1.82, 2.24) is 0 Å². The number of amides is 1. The molecule has 0 saturated carbocycles. The Hall–Kier alpha value is -2.56. The Morgan fingerprint density at radius 3 is 2.90 bits per heavy atom. The maximum absolute atomic E-state index is 13.5. The molecule has 0 fully saturated rings. The lowest BCUT2D eigenvalue weighted by atomic mass is 10.1. The van der Waals surface area contributed by atoms with Crippen molar-refractivity contribution < 1.29 is 9.18 Å². The molecular weight excluding hydrogens is 257 g/mol. The van der Waals surface area contributed by atoms with Gasteiger partial charge in [0.1, 0.15) is 5.82 Å². The zero-order chi connectivity index (χ0) is 14.3. The quantitative estimate of drug-likeness (QED) is 0.736. The van der Waals surface area contributed by atoms with Crippen molar-refractivity contribution in [1.29, 1.82) is 0 Å². The number of nitrogen functional groups attached to an aromatic ring is 1. The van der Waals surface area contributed by atoms with Crippen molar-refractivity contribution >= 4 is 28.7 Å². The van der Waals surface area contributed by atoms with E-state index in [1.807, 2.05) is 0 Å². The van der Waals surface area contributed by atoms with Gasteiger partial charge in [-0.1, -0.05) is 6.07 Å². The molecule has 1 aliphatic rings. The van der Waals surface area contributed by atoms with Crippen LogP contribution in [0.25, 0.3) is 0 Å². The van der Waals surface area contributed by atoms with Gasteiger partial charge in [0.25, 0.3) is 0 Å². The first kappa shape index (κ1) is 12.5. The van der Waals surface area contributed by atoms with E-state index in [0.29, 0.717) is 29.0 Å². The molecule has 0 bridgehead atoms. The highest BCUT2D eigenvalue weighted by atomic mass is 19.1. The Kier molecular flexibility index (Phi) is 2.82. The molecule has 4 N–H and O–H groups in total. The standard InChI is InChI=1S/C15H14FN3O/c1-8-10(16)3-2-4-12(8)18-14-7-13-9(5-11(14)17)6-15(20)19-13/h2-5,7,18H,6,17H2,1H3,(H,19,20). The van der Waals surface area contributed by atoms with Gasteiger partial charge >= 0.3 is 0 Å². The molecule has 1 amide bonds. The number of anilines is 4. The summed E-state index contributed by atoms with van der Waals surface area (Å²) in [6.45, 7) is 1.70. The lowest BCUT2D eigenvalue weighted by molar-refractivity contribution is -0.115. The Labute approximate surface area is 115 Å². The summed E-state index contributed by atoms with van der Waals surface area (Å²) in [4.78, 5) is 11.4. The van der Waals surface area contributed by atoms with Crippen LogP contribution in [0.1, 0.15) is 11.1 Å². The summed E-state index contributed by atoms with van der Waals surface area (Å²) in [7, 11) is 0. The molecule has 0 aliphatic carbocycles. The van der Waals surface area contributed by atoms with E-state index in [1.54, 1.807) is 31.2 Å². The summed E-state index contributed by atoms with van der Waals surface area (Å²) in [5.74, 6) is -0.318. The van der Waals surface area contributed by atoms with Crippen molar-refractivity contribution in [2.24, 2.45) is 0 Å². The lowest BCUT2D eigenvalue weighted by Crippen LogP contribution is -2.03. The molecule has 1 heterocycles. The number of hydrogen-bond acceptors (Lipinski definition) is 3. The molecule has 0 unspecified atom stereocenters. The number of carbonyl (C=O) groups excluding carboxylic acids is 1. The first-order valence-corrected chi connectivity index (χ1v) is 6.29. The van der Waals surface area contributed by atoms with Crippen LogP contribution in [0.15, 0.2) is 30.3 Å². The molecule has 4 nitrogen and oxygen atoms in total. The number of benzene rings is 2. The predicted molar refractivity (Wildman–Crippen MR) is 77.6 cm³/mol. The van der Waals surface area contributed by atoms with Crippen molar-refractivity contribution in [3.8, 4) is 0 Å². The highest BCUT2D eigenvalue weighted by Gasteiger charge is 2.19. The highest BCUT2D eigenvalue weighted by Crippen LogP contribution is 2.34. The summed E-state index contributed by atoms with van der Waals surface area (Å²) in [5.41, 5.74) is 9.98. The van der Waals surface area contributed by atoms with E-state index in [-0.39, 0.29) is 11.7 Å². The molecule has 0 atom stereocenters. The van der Waals surface area contributed by atoms with Crippen LogP contribution in [0.5, 0.6) is 0 Å². The Balaban J connectivity index is 1.98. The summed E-state index contributed by atoms with van der Waals surface area (Å²) < 4.78 is 13.5. The van der Waals surface area contributed by atoms with Crippen LogP contribution < -0.4 is 16.4 Å². The highest BCUT2D eigenvalue weighted by molar-refractivity contribution is 6.01. The van der Waals surface area contributed by atoms with Gasteiger partial charge in [0.2, 0.25) is 5.91 Å². The number of nitrogens with one attached hydrogen (secondary N) is 2. The van der Waals surface area contributed by atoms with E-state index < -0.39 is 0 Å². The van der Waals surface area contributed by atoms with Crippen molar-refractivity contribution in [3.63, 3.8) is 0 Å². The zero-order valence-corrected chi connectivity index (χ0v) is 11.0. The smallest absolute Gasteiger partial charge is 0.228 e. The number of rotatable bonds is 2. The van der Waals surface area contributed by atoms with E-state index >= 15 is 0 Å². The molecule has 2 aromatic carbocycles. The van der Waals surface area contributed by atoms with Gasteiger partial charge in [-0.15, -0.1) is 0 Å². The number of carbonyl (C=O) groups is 1. The minimum absolute atomic E-state index is 0.0431.